The number of sulfonamides is 1. The van der Waals surface area contributed by atoms with Gasteiger partial charge in [-0.05, 0) is 31.0 Å². The van der Waals surface area contributed by atoms with Crippen LogP contribution >= 0.6 is 0 Å². The van der Waals surface area contributed by atoms with Crippen molar-refractivity contribution in [2.24, 2.45) is 0 Å². The molecule has 1 aliphatic heterocycles. The molecule has 6 nitrogen and oxygen atoms in total. The highest BCUT2D eigenvalue weighted by Crippen LogP contribution is 2.37. The molecule has 10 heteroatoms. The smallest absolute Gasteiger partial charge is 0.417 e. The summed E-state index contributed by atoms with van der Waals surface area (Å²) < 4.78 is 64.9. The molecular formula is C13H11F3N2O4S. The Bertz CT molecular complexity index is 783. The molecule has 1 aliphatic rings. The third-order valence-electron chi connectivity index (χ3n) is 3.49. The first-order valence-corrected chi connectivity index (χ1v) is 7.89. The van der Waals surface area contributed by atoms with Gasteiger partial charge >= 0.3 is 12.1 Å². The second-order valence-electron chi connectivity index (χ2n) is 4.93. The van der Waals surface area contributed by atoms with Crippen LogP contribution in [0.25, 0.3) is 0 Å². The average molecular weight is 348 g/mol. The van der Waals surface area contributed by atoms with E-state index in [0.29, 0.717) is 16.4 Å². The molecule has 0 aliphatic carbocycles. The number of alkyl halides is 3. The van der Waals surface area contributed by atoms with Crippen molar-refractivity contribution in [3.05, 3.63) is 29.3 Å². The van der Waals surface area contributed by atoms with Crippen LogP contribution in [0.3, 0.4) is 0 Å². The van der Waals surface area contributed by atoms with Gasteiger partial charge in [0.15, 0.2) is 0 Å². The molecule has 0 unspecified atom stereocenters. The molecule has 0 saturated carbocycles. The first kappa shape index (κ1) is 17.2. The SMILES string of the molecule is N#Cc1ccc(S(=O)(=O)N2CCC[C@H]2C(=O)O)c(C(F)(F)F)c1. The van der Waals surface area contributed by atoms with Gasteiger partial charge < -0.3 is 5.11 Å². The van der Waals surface area contributed by atoms with Crippen LogP contribution in [0.4, 0.5) is 13.2 Å². The molecule has 1 saturated heterocycles. The van der Waals surface area contributed by atoms with Crippen molar-refractivity contribution in [1.82, 2.24) is 4.31 Å². The third-order valence-corrected chi connectivity index (χ3v) is 5.46. The zero-order chi connectivity index (χ0) is 17.4. The summed E-state index contributed by atoms with van der Waals surface area (Å²) >= 11 is 0. The largest absolute Gasteiger partial charge is 0.480 e. The van der Waals surface area contributed by atoms with E-state index >= 15 is 0 Å². The zero-order valence-electron chi connectivity index (χ0n) is 11.5. The molecule has 1 atom stereocenters. The predicted octanol–water partition coefficient (Wildman–Crippen LogP) is 1.81. The number of hydrogen-bond acceptors (Lipinski definition) is 4. The topological polar surface area (TPSA) is 98.5 Å². The Morgan fingerprint density at radius 3 is 2.57 bits per heavy atom. The van der Waals surface area contributed by atoms with E-state index in [0.717, 1.165) is 6.07 Å². The van der Waals surface area contributed by atoms with Gasteiger partial charge in [-0.2, -0.15) is 22.7 Å². The fourth-order valence-electron chi connectivity index (χ4n) is 2.45. The number of nitriles is 1. The van der Waals surface area contributed by atoms with Crippen molar-refractivity contribution >= 4 is 16.0 Å². The van der Waals surface area contributed by atoms with E-state index in [1.165, 1.54) is 6.07 Å². The van der Waals surface area contributed by atoms with Gasteiger partial charge in [-0.25, -0.2) is 8.42 Å². The second-order valence-corrected chi connectivity index (χ2v) is 6.79. The van der Waals surface area contributed by atoms with E-state index in [-0.39, 0.29) is 24.9 Å². The van der Waals surface area contributed by atoms with E-state index in [1.54, 1.807) is 0 Å². The summed E-state index contributed by atoms with van der Waals surface area (Å²) in [5.41, 5.74) is -1.82. The lowest BCUT2D eigenvalue weighted by atomic mass is 10.1. The van der Waals surface area contributed by atoms with Gasteiger partial charge in [-0.3, -0.25) is 4.79 Å². The van der Waals surface area contributed by atoms with Gasteiger partial charge in [-0.15, -0.1) is 0 Å². The first-order chi connectivity index (χ1) is 10.6. The fourth-order valence-corrected chi connectivity index (χ4v) is 4.29. The Labute approximate surface area is 129 Å². The van der Waals surface area contributed by atoms with Crippen LogP contribution in [-0.4, -0.2) is 36.4 Å². The Hall–Kier alpha value is -2.12. The number of nitrogens with zero attached hydrogens (tertiary/aromatic N) is 2. The number of aliphatic carboxylic acids is 1. The van der Waals surface area contributed by atoms with E-state index < -0.39 is 38.7 Å². The van der Waals surface area contributed by atoms with Crippen molar-refractivity contribution in [3.63, 3.8) is 0 Å². The summed E-state index contributed by atoms with van der Waals surface area (Å²) in [6.45, 7) is -0.170. The Morgan fingerprint density at radius 2 is 2.04 bits per heavy atom. The van der Waals surface area contributed by atoms with Crippen LogP contribution in [0.5, 0.6) is 0 Å². The highest BCUT2D eigenvalue weighted by molar-refractivity contribution is 7.89. The van der Waals surface area contributed by atoms with Crippen LogP contribution in [-0.2, 0) is 21.0 Å². The lowest BCUT2D eigenvalue weighted by molar-refractivity contribution is -0.140. The third kappa shape index (κ3) is 3.16. The fraction of sp³-hybridized carbons (Fsp3) is 0.385. The highest BCUT2D eigenvalue weighted by Gasteiger charge is 2.44. The molecule has 0 radical (unpaired) electrons. The summed E-state index contributed by atoms with van der Waals surface area (Å²) in [7, 11) is -4.65. The molecule has 1 N–H and O–H groups in total. The molecule has 1 fully saturated rings. The number of carbonyl (C=O) groups is 1. The number of carboxylic acids is 1. The van der Waals surface area contributed by atoms with Gasteiger partial charge in [0.1, 0.15) is 6.04 Å². The number of carboxylic acid groups (broad SMARTS) is 1. The molecule has 0 bridgehead atoms. The van der Waals surface area contributed by atoms with Crippen molar-refractivity contribution in [2.75, 3.05) is 6.54 Å². The first-order valence-electron chi connectivity index (χ1n) is 6.45. The number of halogens is 3. The van der Waals surface area contributed by atoms with Gasteiger partial charge in [0.2, 0.25) is 10.0 Å². The summed E-state index contributed by atoms with van der Waals surface area (Å²) in [5, 5.41) is 17.7. The number of hydrogen-bond donors (Lipinski definition) is 1. The maximum atomic E-state index is 13.1. The van der Waals surface area contributed by atoms with Gasteiger partial charge in [0.25, 0.3) is 0 Å². The summed E-state index contributed by atoms with van der Waals surface area (Å²) in [4.78, 5) is 10.1. The average Bonchev–Trinajstić information content (AvgIpc) is 2.96. The second kappa shape index (κ2) is 5.82. The van der Waals surface area contributed by atoms with Gasteiger partial charge in [0, 0.05) is 6.54 Å². The predicted molar refractivity (Wildman–Crippen MR) is 70.7 cm³/mol. The summed E-state index contributed by atoms with van der Waals surface area (Å²) in [5.74, 6) is -1.41. The molecule has 0 spiro atoms. The van der Waals surface area contributed by atoms with Crippen molar-refractivity contribution in [3.8, 4) is 6.07 Å². The standard InChI is InChI=1S/C13H11F3N2O4S/c14-13(15,16)9-6-8(7-17)3-4-11(9)23(21,22)18-5-1-2-10(18)12(19)20/h3-4,6,10H,1-2,5H2,(H,19,20)/t10-/m0/s1. The van der Waals surface area contributed by atoms with Gasteiger partial charge in [0.05, 0.1) is 22.1 Å². The van der Waals surface area contributed by atoms with E-state index in [4.69, 9.17) is 10.4 Å². The minimum absolute atomic E-state index is 0.0339. The lowest BCUT2D eigenvalue weighted by Gasteiger charge is -2.23. The molecule has 2 rings (SSSR count). The Balaban J connectivity index is 2.61. The van der Waals surface area contributed by atoms with Crippen LogP contribution in [0, 0.1) is 11.3 Å². The zero-order valence-corrected chi connectivity index (χ0v) is 12.4. The molecule has 1 aromatic carbocycles. The lowest BCUT2D eigenvalue weighted by Crippen LogP contribution is -2.41. The molecule has 0 amide bonds. The number of benzene rings is 1. The van der Waals surface area contributed by atoms with Crippen LogP contribution < -0.4 is 0 Å². The molecule has 23 heavy (non-hydrogen) atoms. The number of rotatable bonds is 3. The van der Waals surface area contributed by atoms with E-state index in [1.807, 2.05) is 0 Å². The monoisotopic (exact) mass is 348 g/mol. The minimum Gasteiger partial charge on any atom is -0.480 e. The van der Waals surface area contributed by atoms with Crippen LogP contribution in [0.15, 0.2) is 23.1 Å². The maximum Gasteiger partial charge on any atom is 0.417 e. The molecule has 1 aromatic rings. The van der Waals surface area contributed by atoms with Crippen molar-refractivity contribution < 1.29 is 31.5 Å². The summed E-state index contributed by atoms with van der Waals surface area (Å²) in [6, 6.07) is 2.20. The van der Waals surface area contributed by atoms with E-state index in [9.17, 15) is 26.4 Å². The van der Waals surface area contributed by atoms with Crippen molar-refractivity contribution in [2.45, 2.75) is 30.0 Å². The summed E-state index contributed by atoms with van der Waals surface area (Å²) in [6.07, 6.45) is -4.71. The quantitative estimate of drug-likeness (QED) is 0.898. The van der Waals surface area contributed by atoms with E-state index in [2.05, 4.69) is 0 Å². The Morgan fingerprint density at radius 1 is 1.39 bits per heavy atom. The molecule has 1 heterocycles. The molecule has 124 valence electrons. The van der Waals surface area contributed by atoms with Crippen molar-refractivity contribution in [1.29, 1.82) is 5.26 Å². The van der Waals surface area contributed by atoms with Gasteiger partial charge in [-0.1, -0.05) is 0 Å². The maximum absolute atomic E-state index is 13.1. The Kier molecular flexibility index (Phi) is 4.37. The van der Waals surface area contributed by atoms with Crippen LogP contribution in [0.1, 0.15) is 24.0 Å². The minimum atomic E-state index is -4.99. The normalized spacial score (nSPS) is 19.5. The molecule has 0 aromatic heterocycles. The highest BCUT2D eigenvalue weighted by atomic mass is 32.2. The molecular weight excluding hydrogens is 337 g/mol. The van der Waals surface area contributed by atoms with Crippen LogP contribution in [0.2, 0.25) is 0 Å².